The van der Waals surface area contributed by atoms with Crippen molar-refractivity contribution in [3.05, 3.63) is 54.7 Å². The van der Waals surface area contributed by atoms with Gasteiger partial charge >= 0.3 is 0 Å². The minimum Gasteiger partial charge on any atom is -0.394 e. The van der Waals surface area contributed by atoms with E-state index in [9.17, 15) is 5.11 Å². The largest absolute Gasteiger partial charge is 0.394 e. The van der Waals surface area contributed by atoms with Gasteiger partial charge in [0.15, 0.2) is 0 Å². The normalized spacial score (nSPS) is 15.2. The number of rotatable bonds is 7. The number of ether oxygens (including phenoxy) is 1. The number of nitrogens with zero attached hydrogens (tertiary/aromatic N) is 6. The van der Waals surface area contributed by atoms with Crippen LogP contribution in [0.2, 0.25) is 0 Å². The van der Waals surface area contributed by atoms with Gasteiger partial charge in [0.2, 0.25) is 5.95 Å². The average Bonchev–Trinajstić information content (AvgIpc) is 3.28. The molecule has 1 aliphatic heterocycles. The van der Waals surface area contributed by atoms with E-state index in [1.54, 1.807) is 12.5 Å². The standard InChI is InChI=1S/C22H28N6O2/c1-26(2)19-5-3-17(4-6-19)11-20(15-29)28-16-23-14-21(28)18-12-24-22(25-13-18)27-7-9-30-10-8-27/h3-6,12-14,16,20,29H,7-11,15H2,1-2H3/t20-/m0/s1. The second kappa shape index (κ2) is 9.23. The number of aliphatic hydroxyl groups is 1. The molecule has 1 N–H and O–H groups in total. The number of hydrogen-bond donors (Lipinski definition) is 1. The minimum atomic E-state index is -0.119. The fraction of sp³-hybridized carbons (Fsp3) is 0.409. The van der Waals surface area contributed by atoms with Crippen molar-refractivity contribution in [2.75, 3.05) is 56.8 Å². The molecular formula is C22H28N6O2. The van der Waals surface area contributed by atoms with E-state index in [-0.39, 0.29) is 12.6 Å². The molecule has 3 heterocycles. The third-order valence-corrected chi connectivity index (χ3v) is 5.42. The van der Waals surface area contributed by atoms with Gasteiger partial charge in [-0.05, 0) is 24.1 Å². The molecule has 3 aromatic rings. The van der Waals surface area contributed by atoms with Crippen molar-refractivity contribution >= 4 is 11.6 Å². The summed E-state index contributed by atoms with van der Waals surface area (Å²) in [7, 11) is 4.05. The molecule has 158 valence electrons. The molecule has 1 saturated heterocycles. The van der Waals surface area contributed by atoms with Gasteiger partial charge in [-0.3, -0.25) is 0 Å². The van der Waals surface area contributed by atoms with Gasteiger partial charge in [-0.15, -0.1) is 0 Å². The van der Waals surface area contributed by atoms with Gasteiger partial charge < -0.3 is 24.2 Å². The zero-order valence-corrected chi connectivity index (χ0v) is 17.5. The summed E-state index contributed by atoms with van der Waals surface area (Å²) in [4.78, 5) is 17.6. The summed E-state index contributed by atoms with van der Waals surface area (Å²) in [6, 6.07) is 8.28. The van der Waals surface area contributed by atoms with Gasteiger partial charge in [-0.2, -0.15) is 0 Å². The fourth-order valence-corrected chi connectivity index (χ4v) is 3.65. The van der Waals surface area contributed by atoms with Crippen LogP contribution in [-0.2, 0) is 11.2 Å². The summed E-state index contributed by atoms with van der Waals surface area (Å²) in [6.07, 6.45) is 7.92. The van der Waals surface area contributed by atoms with Gasteiger partial charge in [-0.25, -0.2) is 15.0 Å². The highest BCUT2D eigenvalue weighted by Gasteiger charge is 2.18. The molecular weight excluding hydrogens is 380 g/mol. The van der Waals surface area contributed by atoms with Crippen molar-refractivity contribution in [1.82, 2.24) is 19.5 Å². The Hall–Kier alpha value is -2.97. The van der Waals surface area contributed by atoms with Crippen LogP contribution in [0, 0.1) is 0 Å². The second-order valence-corrected chi connectivity index (χ2v) is 7.66. The Balaban J connectivity index is 1.52. The van der Waals surface area contributed by atoms with Crippen molar-refractivity contribution in [3.8, 4) is 11.3 Å². The maximum Gasteiger partial charge on any atom is 0.225 e. The van der Waals surface area contributed by atoms with Crippen LogP contribution in [0.5, 0.6) is 0 Å². The predicted octanol–water partition coefficient (Wildman–Crippen LogP) is 2.02. The van der Waals surface area contributed by atoms with Gasteiger partial charge in [0.05, 0.1) is 44.1 Å². The number of hydrogen-bond acceptors (Lipinski definition) is 7. The topological polar surface area (TPSA) is 79.5 Å². The number of aromatic nitrogens is 4. The number of morpholine rings is 1. The first-order valence-corrected chi connectivity index (χ1v) is 10.2. The molecule has 30 heavy (non-hydrogen) atoms. The molecule has 1 aromatic carbocycles. The zero-order valence-electron chi connectivity index (χ0n) is 17.5. The molecule has 1 atom stereocenters. The quantitative estimate of drug-likeness (QED) is 0.641. The van der Waals surface area contributed by atoms with E-state index in [1.165, 1.54) is 5.56 Å². The zero-order chi connectivity index (χ0) is 20.9. The van der Waals surface area contributed by atoms with Crippen molar-refractivity contribution in [2.24, 2.45) is 0 Å². The summed E-state index contributed by atoms with van der Waals surface area (Å²) >= 11 is 0. The van der Waals surface area contributed by atoms with E-state index in [1.807, 2.05) is 31.1 Å². The SMILES string of the molecule is CN(C)c1ccc(C[C@@H](CO)n2cncc2-c2cnc(N3CCOCC3)nc2)cc1. The predicted molar refractivity (Wildman–Crippen MR) is 117 cm³/mol. The van der Waals surface area contributed by atoms with Crippen LogP contribution in [0.1, 0.15) is 11.6 Å². The maximum atomic E-state index is 10.1. The Morgan fingerprint density at radius 2 is 1.77 bits per heavy atom. The highest BCUT2D eigenvalue weighted by molar-refractivity contribution is 5.57. The lowest BCUT2D eigenvalue weighted by Crippen LogP contribution is -2.37. The van der Waals surface area contributed by atoms with E-state index in [4.69, 9.17) is 4.74 Å². The molecule has 4 rings (SSSR count). The van der Waals surface area contributed by atoms with E-state index < -0.39 is 0 Å². The molecule has 0 bridgehead atoms. The third kappa shape index (κ3) is 4.44. The molecule has 0 spiro atoms. The van der Waals surface area contributed by atoms with Crippen molar-refractivity contribution in [2.45, 2.75) is 12.5 Å². The Morgan fingerprint density at radius 3 is 2.40 bits per heavy atom. The Labute approximate surface area is 176 Å². The van der Waals surface area contributed by atoms with E-state index >= 15 is 0 Å². The second-order valence-electron chi connectivity index (χ2n) is 7.66. The first-order valence-electron chi connectivity index (χ1n) is 10.2. The number of benzene rings is 1. The first-order chi connectivity index (χ1) is 14.7. The Kier molecular flexibility index (Phi) is 6.25. The molecule has 0 aliphatic carbocycles. The molecule has 0 amide bonds. The highest BCUT2D eigenvalue weighted by Crippen LogP contribution is 2.25. The van der Waals surface area contributed by atoms with Crippen LogP contribution in [0.15, 0.2) is 49.2 Å². The van der Waals surface area contributed by atoms with E-state index in [0.29, 0.717) is 25.6 Å². The number of anilines is 2. The molecule has 8 heteroatoms. The van der Waals surface area contributed by atoms with Crippen molar-refractivity contribution in [1.29, 1.82) is 0 Å². The van der Waals surface area contributed by atoms with Crippen molar-refractivity contribution in [3.63, 3.8) is 0 Å². The maximum absolute atomic E-state index is 10.1. The molecule has 2 aromatic heterocycles. The van der Waals surface area contributed by atoms with E-state index in [2.05, 4.69) is 49.0 Å². The fourth-order valence-electron chi connectivity index (χ4n) is 3.65. The Bertz CT molecular complexity index is 933. The third-order valence-electron chi connectivity index (χ3n) is 5.42. The first kappa shape index (κ1) is 20.3. The summed E-state index contributed by atoms with van der Waals surface area (Å²) in [5, 5.41) is 10.1. The minimum absolute atomic E-state index is 0.0194. The lowest BCUT2D eigenvalue weighted by atomic mass is 10.0. The van der Waals surface area contributed by atoms with E-state index in [0.717, 1.165) is 30.0 Å². The van der Waals surface area contributed by atoms with Gasteiger partial charge in [0, 0.05) is 50.8 Å². The lowest BCUT2D eigenvalue weighted by molar-refractivity contribution is 0.122. The van der Waals surface area contributed by atoms with Crippen molar-refractivity contribution < 1.29 is 9.84 Å². The summed E-state index contributed by atoms with van der Waals surface area (Å²) in [5.74, 6) is 0.716. The molecule has 8 nitrogen and oxygen atoms in total. The van der Waals surface area contributed by atoms with Crippen LogP contribution in [-0.4, -0.2) is 71.6 Å². The van der Waals surface area contributed by atoms with Crippen LogP contribution in [0.25, 0.3) is 11.3 Å². The summed E-state index contributed by atoms with van der Waals surface area (Å²) in [6.45, 7) is 3.02. The monoisotopic (exact) mass is 408 g/mol. The molecule has 0 radical (unpaired) electrons. The van der Waals surface area contributed by atoms with Gasteiger partial charge in [0.1, 0.15) is 0 Å². The van der Waals surface area contributed by atoms with Crippen LogP contribution in [0.3, 0.4) is 0 Å². The molecule has 0 saturated carbocycles. The van der Waals surface area contributed by atoms with Crippen LogP contribution in [0.4, 0.5) is 11.6 Å². The summed E-state index contributed by atoms with van der Waals surface area (Å²) < 4.78 is 7.40. The van der Waals surface area contributed by atoms with Crippen LogP contribution >= 0.6 is 0 Å². The average molecular weight is 409 g/mol. The Morgan fingerprint density at radius 1 is 1.07 bits per heavy atom. The van der Waals surface area contributed by atoms with Gasteiger partial charge in [0.25, 0.3) is 0 Å². The molecule has 1 aliphatic rings. The number of imidazole rings is 1. The van der Waals surface area contributed by atoms with Gasteiger partial charge in [-0.1, -0.05) is 12.1 Å². The highest BCUT2D eigenvalue weighted by atomic mass is 16.5. The summed E-state index contributed by atoms with van der Waals surface area (Å²) in [5.41, 5.74) is 4.09. The van der Waals surface area contributed by atoms with Crippen LogP contribution < -0.4 is 9.80 Å². The lowest BCUT2D eigenvalue weighted by Gasteiger charge is -2.26. The smallest absolute Gasteiger partial charge is 0.225 e. The molecule has 1 fully saturated rings. The number of aliphatic hydroxyl groups excluding tert-OH is 1. The molecule has 0 unspecified atom stereocenters.